The zero-order chi connectivity index (χ0) is 14.7. The predicted octanol–water partition coefficient (Wildman–Crippen LogP) is 1.70. The summed E-state index contributed by atoms with van der Waals surface area (Å²) in [6.07, 6.45) is 0. The lowest BCUT2D eigenvalue weighted by molar-refractivity contribution is -0.119. The monoisotopic (exact) mass is 272 g/mol. The van der Waals surface area contributed by atoms with Crippen molar-refractivity contribution < 1.29 is 4.79 Å². The Bertz CT molecular complexity index is 639. The maximum atomic E-state index is 11.7. The van der Waals surface area contributed by atoms with Crippen molar-refractivity contribution >= 4 is 28.2 Å². The number of fused-ring (bicyclic) bond motifs is 1. The van der Waals surface area contributed by atoms with Gasteiger partial charge in [0.15, 0.2) is 0 Å². The van der Waals surface area contributed by atoms with Gasteiger partial charge in [0.1, 0.15) is 0 Å². The van der Waals surface area contributed by atoms with Gasteiger partial charge in [0.05, 0.1) is 12.1 Å². The van der Waals surface area contributed by atoms with Crippen molar-refractivity contribution in [2.24, 2.45) is 0 Å². The summed E-state index contributed by atoms with van der Waals surface area (Å²) in [7, 11) is 1.90. The molecule has 1 aromatic heterocycles. The molecule has 0 saturated heterocycles. The van der Waals surface area contributed by atoms with Crippen molar-refractivity contribution in [1.82, 2.24) is 10.3 Å². The highest BCUT2D eigenvalue weighted by molar-refractivity contribution is 5.95. The van der Waals surface area contributed by atoms with Crippen molar-refractivity contribution in [1.29, 1.82) is 0 Å². The minimum Gasteiger partial charge on any atom is -0.399 e. The first kappa shape index (κ1) is 14.1. The number of hydrogen-bond acceptors (Lipinski definition) is 4. The number of hydrogen-bond donors (Lipinski definition) is 2. The first-order valence-corrected chi connectivity index (χ1v) is 6.66. The highest BCUT2D eigenvalue weighted by Gasteiger charge is 2.11. The van der Waals surface area contributed by atoms with E-state index in [-0.39, 0.29) is 5.91 Å². The highest BCUT2D eigenvalue weighted by atomic mass is 16.2. The van der Waals surface area contributed by atoms with Gasteiger partial charge in [0.25, 0.3) is 0 Å². The second kappa shape index (κ2) is 5.77. The molecule has 1 aromatic carbocycles. The Morgan fingerprint density at radius 3 is 2.85 bits per heavy atom. The number of aromatic nitrogens is 1. The van der Waals surface area contributed by atoms with Crippen LogP contribution in [0.3, 0.4) is 0 Å². The predicted molar refractivity (Wildman–Crippen MR) is 82.8 cm³/mol. The summed E-state index contributed by atoms with van der Waals surface area (Å²) in [6.45, 7) is 4.79. The van der Waals surface area contributed by atoms with Crippen molar-refractivity contribution in [3.8, 4) is 0 Å². The Morgan fingerprint density at radius 2 is 2.15 bits per heavy atom. The average molecular weight is 272 g/mol. The summed E-state index contributed by atoms with van der Waals surface area (Å²) in [5.74, 6) is 0.00141. The summed E-state index contributed by atoms with van der Waals surface area (Å²) in [5, 5.41) is 3.76. The molecule has 2 rings (SSSR count). The van der Waals surface area contributed by atoms with E-state index in [2.05, 4.69) is 10.3 Å². The van der Waals surface area contributed by atoms with Crippen molar-refractivity contribution in [2.45, 2.75) is 13.8 Å². The van der Waals surface area contributed by atoms with Crippen molar-refractivity contribution in [2.75, 3.05) is 30.8 Å². The molecule has 1 amide bonds. The lowest BCUT2D eigenvalue weighted by Gasteiger charge is -2.21. The van der Waals surface area contributed by atoms with Crippen LogP contribution in [0.15, 0.2) is 24.3 Å². The molecule has 0 aliphatic carbocycles. The quantitative estimate of drug-likeness (QED) is 0.831. The third kappa shape index (κ3) is 2.99. The number of benzene rings is 1. The van der Waals surface area contributed by atoms with E-state index in [4.69, 9.17) is 5.73 Å². The van der Waals surface area contributed by atoms with Gasteiger partial charge in [-0.2, -0.15) is 0 Å². The van der Waals surface area contributed by atoms with Gasteiger partial charge in [-0.15, -0.1) is 0 Å². The van der Waals surface area contributed by atoms with Crippen LogP contribution in [0.5, 0.6) is 0 Å². The molecular formula is C15H20N4O. The maximum absolute atomic E-state index is 11.7. The fourth-order valence-corrected chi connectivity index (χ4v) is 2.22. The third-order valence-corrected chi connectivity index (χ3v) is 3.10. The molecule has 0 aliphatic rings. The zero-order valence-corrected chi connectivity index (χ0v) is 12.1. The first-order chi connectivity index (χ1) is 9.51. The summed E-state index contributed by atoms with van der Waals surface area (Å²) in [4.78, 5) is 18.1. The molecule has 0 radical (unpaired) electrons. The Morgan fingerprint density at radius 1 is 1.40 bits per heavy atom. The van der Waals surface area contributed by atoms with Gasteiger partial charge in [0.2, 0.25) is 5.91 Å². The van der Waals surface area contributed by atoms with E-state index >= 15 is 0 Å². The van der Waals surface area contributed by atoms with E-state index in [9.17, 15) is 4.79 Å². The molecular weight excluding hydrogens is 252 g/mol. The van der Waals surface area contributed by atoms with Crippen LogP contribution in [0.4, 0.5) is 11.4 Å². The van der Waals surface area contributed by atoms with Gasteiger partial charge >= 0.3 is 0 Å². The minimum absolute atomic E-state index is 0.00141. The fourth-order valence-electron chi connectivity index (χ4n) is 2.22. The molecule has 20 heavy (non-hydrogen) atoms. The van der Waals surface area contributed by atoms with Gasteiger partial charge in [-0.05, 0) is 38.1 Å². The van der Waals surface area contributed by atoms with Crippen LogP contribution in [-0.4, -0.2) is 31.0 Å². The second-order valence-corrected chi connectivity index (χ2v) is 4.87. The maximum Gasteiger partial charge on any atom is 0.239 e. The van der Waals surface area contributed by atoms with Crippen LogP contribution in [0.2, 0.25) is 0 Å². The van der Waals surface area contributed by atoms with Gasteiger partial charge < -0.3 is 16.0 Å². The molecule has 0 fully saturated rings. The molecule has 0 atom stereocenters. The summed E-state index contributed by atoms with van der Waals surface area (Å²) in [6, 6.07) is 7.61. The number of carbonyl (C=O) groups is 1. The van der Waals surface area contributed by atoms with Crippen molar-refractivity contribution in [3.05, 3.63) is 30.0 Å². The van der Waals surface area contributed by atoms with Gasteiger partial charge in [0, 0.05) is 36.0 Å². The molecule has 5 heteroatoms. The molecule has 106 valence electrons. The fraction of sp³-hybridized carbons (Fsp3) is 0.333. The molecule has 0 unspecified atom stereocenters. The van der Waals surface area contributed by atoms with Gasteiger partial charge in [-0.25, -0.2) is 0 Å². The number of pyridine rings is 1. The number of amides is 1. The number of rotatable bonds is 4. The number of nitrogens with zero attached hydrogens (tertiary/aromatic N) is 2. The van der Waals surface area contributed by atoms with Crippen LogP contribution in [-0.2, 0) is 4.79 Å². The Labute approximate surface area is 118 Å². The van der Waals surface area contributed by atoms with Gasteiger partial charge in [-0.1, -0.05) is 0 Å². The molecule has 0 aliphatic heterocycles. The number of anilines is 2. The number of aryl methyl sites for hydroxylation is 1. The van der Waals surface area contributed by atoms with E-state index in [1.54, 1.807) is 0 Å². The number of nitrogen functional groups attached to an aromatic ring is 1. The van der Waals surface area contributed by atoms with Crippen LogP contribution in [0.25, 0.3) is 10.9 Å². The highest BCUT2D eigenvalue weighted by Crippen LogP contribution is 2.27. The number of nitrogens with one attached hydrogen (secondary N) is 1. The zero-order valence-electron chi connectivity index (χ0n) is 12.1. The van der Waals surface area contributed by atoms with E-state index < -0.39 is 0 Å². The Balaban J connectivity index is 2.41. The van der Waals surface area contributed by atoms with Crippen LogP contribution in [0, 0.1) is 6.92 Å². The third-order valence-electron chi connectivity index (χ3n) is 3.10. The molecule has 2 aromatic rings. The van der Waals surface area contributed by atoms with E-state index in [1.807, 2.05) is 50.1 Å². The van der Waals surface area contributed by atoms with E-state index in [0.717, 1.165) is 22.3 Å². The largest absolute Gasteiger partial charge is 0.399 e. The number of nitrogens with two attached hydrogens (primary N) is 1. The summed E-state index contributed by atoms with van der Waals surface area (Å²) < 4.78 is 0. The number of carbonyl (C=O) groups excluding carboxylic acids is 1. The van der Waals surface area contributed by atoms with Crippen molar-refractivity contribution in [3.63, 3.8) is 0 Å². The van der Waals surface area contributed by atoms with Crippen LogP contribution >= 0.6 is 0 Å². The molecule has 1 heterocycles. The average Bonchev–Trinajstić information content (AvgIpc) is 2.38. The standard InChI is InChI=1S/C15H20N4O/c1-4-17-15(20)9-19(3)14-7-10(2)18-13-6-5-11(16)8-12(13)14/h5-8H,4,9,16H2,1-3H3,(H,17,20). The summed E-state index contributed by atoms with van der Waals surface area (Å²) >= 11 is 0. The molecule has 3 N–H and O–H groups in total. The SMILES string of the molecule is CCNC(=O)CN(C)c1cc(C)nc2ccc(N)cc12. The van der Waals surface area contributed by atoms with E-state index in [1.165, 1.54) is 0 Å². The molecule has 0 spiro atoms. The number of likely N-dealkylation sites (N-methyl/N-ethyl adjacent to an activating group) is 2. The molecule has 0 bridgehead atoms. The molecule has 0 saturated carbocycles. The topological polar surface area (TPSA) is 71.2 Å². The minimum atomic E-state index is 0.00141. The second-order valence-electron chi connectivity index (χ2n) is 4.87. The van der Waals surface area contributed by atoms with Crippen LogP contribution < -0.4 is 16.0 Å². The van der Waals surface area contributed by atoms with Gasteiger partial charge in [-0.3, -0.25) is 9.78 Å². The Hall–Kier alpha value is -2.30. The summed E-state index contributed by atoms with van der Waals surface area (Å²) in [5.41, 5.74) is 9.31. The van der Waals surface area contributed by atoms with Crippen LogP contribution in [0.1, 0.15) is 12.6 Å². The first-order valence-electron chi connectivity index (χ1n) is 6.66. The lowest BCUT2D eigenvalue weighted by atomic mass is 10.1. The normalized spacial score (nSPS) is 10.6. The lowest BCUT2D eigenvalue weighted by Crippen LogP contribution is -2.35. The molecule has 5 nitrogen and oxygen atoms in total. The Kier molecular flexibility index (Phi) is 4.08. The van der Waals surface area contributed by atoms with E-state index in [0.29, 0.717) is 18.8 Å². The smallest absolute Gasteiger partial charge is 0.239 e.